The summed E-state index contributed by atoms with van der Waals surface area (Å²) in [7, 11) is 0. The Hall–Kier alpha value is -7.83. The molecule has 0 aliphatic carbocycles. The molecule has 2 bridgehead atoms. The van der Waals surface area contributed by atoms with Crippen molar-refractivity contribution in [1.29, 1.82) is 0 Å². The summed E-state index contributed by atoms with van der Waals surface area (Å²) in [4.78, 5) is 67.2. The number of fused-ring (bicyclic) bond motifs is 2. The van der Waals surface area contributed by atoms with Gasteiger partial charge in [-0.2, -0.15) is 10.2 Å². The van der Waals surface area contributed by atoms with E-state index in [0.29, 0.717) is 108 Å². The molecule has 2 unspecified atom stereocenters. The van der Waals surface area contributed by atoms with Crippen LogP contribution in [0.3, 0.4) is 0 Å². The van der Waals surface area contributed by atoms with E-state index in [4.69, 9.17) is 29.9 Å². The zero-order chi connectivity index (χ0) is 49.3. The third-order valence-electron chi connectivity index (χ3n) is 13.1. The van der Waals surface area contributed by atoms with Crippen LogP contribution >= 0.6 is 0 Å². The molecule has 0 saturated carbocycles. The number of hydrogen-bond acceptors (Lipinski definition) is 16. The maximum Gasteiger partial charge on any atom is 0.276 e. The van der Waals surface area contributed by atoms with Gasteiger partial charge in [-0.3, -0.25) is 49.5 Å². The number of carbonyl (C=O) groups excluding carboxylic acids is 4. The summed E-state index contributed by atoms with van der Waals surface area (Å²) >= 11 is 0. The molecule has 8 heterocycles. The predicted molar refractivity (Wildman–Crippen MR) is 261 cm³/mol. The minimum Gasteiger partial charge on any atom is -0.490 e. The number of hydrazine groups is 2. The fraction of sp³-hybridized carbons (Fsp3) is 0.426. The van der Waals surface area contributed by atoms with Gasteiger partial charge in [0.25, 0.3) is 17.7 Å². The molecule has 0 radical (unpaired) electrons. The van der Waals surface area contributed by atoms with Crippen molar-refractivity contribution in [1.82, 2.24) is 65.4 Å². The zero-order valence-corrected chi connectivity index (χ0v) is 40.0. The number of nitrogens with one attached hydrogen (secondary N) is 6. The van der Waals surface area contributed by atoms with Crippen LogP contribution in [-0.2, 0) is 30.9 Å². The molecule has 6 aromatic rings. The van der Waals surface area contributed by atoms with Gasteiger partial charge in [0, 0.05) is 62.4 Å². The number of amidine groups is 1. The number of anilines is 2. The molecule has 8 N–H and O–H groups in total. The number of allylic oxidation sites excluding steroid dienone is 2. The van der Waals surface area contributed by atoms with E-state index in [9.17, 15) is 19.2 Å². The van der Waals surface area contributed by atoms with E-state index in [1.165, 1.54) is 0 Å². The number of amides is 4. The number of nitrogens with two attached hydrogens (primary N) is 1. The first-order chi connectivity index (χ1) is 34.5. The summed E-state index contributed by atoms with van der Waals surface area (Å²) in [5.74, 6) is -0.0126. The molecule has 4 aliphatic heterocycles. The first kappa shape index (κ1) is 46.9. The van der Waals surface area contributed by atoms with Crippen molar-refractivity contribution in [2.75, 3.05) is 43.6 Å². The highest BCUT2D eigenvalue weighted by Crippen LogP contribution is 2.36. The number of nitrogens with zero attached hydrogens (tertiary/aromatic N) is 10. The molecule has 24 heteroatoms. The van der Waals surface area contributed by atoms with Crippen LogP contribution in [-0.4, -0.2) is 124 Å². The third-order valence-corrected chi connectivity index (χ3v) is 13.1. The molecule has 2 saturated heterocycles. The summed E-state index contributed by atoms with van der Waals surface area (Å²) in [5, 5.41) is 22.1. The number of hydrazone groups is 1. The molecule has 4 aliphatic rings. The molecule has 10 rings (SSSR count). The van der Waals surface area contributed by atoms with Crippen molar-refractivity contribution < 1.29 is 33.4 Å². The monoisotopic (exact) mass is 971 g/mol. The number of benzene rings is 2. The van der Waals surface area contributed by atoms with Crippen LogP contribution < -0.4 is 47.7 Å². The SMILES string of the molecule is CCn1nc(C)cc1C(=O)Nc1nc2cc(C(N)=O)cc3c2n1C/C=C/Cn1c(NC(=O)c2cc(C)nn2CC)nc2cc(C(=O)NCCCC4=NNNN4)cc(c21)OC[C@H](N1C2CCC1COC2)CO3. The molecule has 4 amide bonds. The van der Waals surface area contributed by atoms with E-state index in [2.05, 4.69) is 52.6 Å². The van der Waals surface area contributed by atoms with E-state index in [1.54, 1.807) is 45.8 Å². The number of morpholine rings is 1. The van der Waals surface area contributed by atoms with E-state index in [-0.39, 0.29) is 67.8 Å². The lowest BCUT2D eigenvalue weighted by Gasteiger charge is -2.40. The number of aromatic nitrogens is 8. The summed E-state index contributed by atoms with van der Waals surface area (Å²) < 4.78 is 26.7. The Bertz CT molecular complexity index is 3090. The lowest BCUT2D eigenvalue weighted by Crippen LogP contribution is -2.55. The van der Waals surface area contributed by atoms with E-state index >= 15 is 0 Å². The van der Waals surface area contributed by atoms with Gasteiger partial charge in [0.2, 0.25) is 17.8 Å². The Morgan fingerprint density at radius 3 is 1.79 bits per heavy atom. The number of imidazole rings is 2. The molecule has 372 valence electrons. The van der Waals surface area contributed by atoms with Crippen LogP contribution in [0.2, 0.25) is 0 Å². The number of carbonyl (C=O) groups is 4. The minimum absolute atomic E-state index is 0.0865. The average Bonchev–Trinajstić information content (AvgIpc) is 4.23. The molecule has 24 nitrogen and oxygen atoms in total. The van der Waals surface area contributed by atoms with Crippen molar-refractivity contribution in [2.45, 2.75) is 97.7 Å². The van der Waals surface area contributed by atoms with Crippen molar-refractivity contribution in [3.63, 3.8) is 0 Å². The topological polar surface area (TPSA) is 281 Å². The molecular formula is C47H57N17O7. The minimum atomic E-state index is -0.674. The Balaban J connectivity index is 1.08. The molecule has 0 spiro atoms. The van der Waals surface area contributed by atoms with Gasteiger partial charge < -0.3 is 34.4 Å². The zero-order valence-electron chi connectivity index (χ0n) is 40.0. The fourth-order valence-corrected chi connectivity index (χ4v) is 9.88. The second-order valence-electron chi connectivity index (χ2n) is 17.9. The predicted octanol–water partition coefficient (Wildman–Crippen LogP) is 2.73. The van der Waals surface area contributed by atoms with Gasteiger partial charge in [0.1, 0.15) is 53.0 Å². The number of primary amides is 1. The normalized spacial score (nSPS) is 19.4. The largest absolute Gasteiger partial charge is 0.490 e. The molecule has 2 fully saturated rings. The van der Waals surface area contributed by atoms with Crippen LogP contribution in [0, 0.1) is 13.8 Å². The van der Waals surface area contributed by atoms with Gasteiger partial charge in [0.15, 0.2) is 0 Å². The highest BCUT2D eigenvalue weighted by Gasteiger charge is 2.42. The van der Waals surface area contributed by atoms with Gasteiger partial charge in [-0.15, -0.1) is 10.6 Å². The van der Waals surface area contributed by atoms with Gasteiger partial charge in [-0.25, -0.2) is 15.5 Å². The third kappa shape index (κ3) is 9.47. The molecule has 3 atom stereocenters. The van der Waals surface area contributed by atoms with E-state index in [1.807, 2.05) is 49.0 Å². The molecule has 2 aromatic carbocycles. The molecular weight excluding hydrogens is 915 g/mol. The number of rotatable bonds is 13. The Morgan fingerprint density at radius 1 is 0.718 bits per heavy atom. The standard InChI is InChI=1S/C47H57N17O7/c1-5-62-35(16-26(3)56-62)44(67)52-46-50-33-18-28(42(48)65)20-37-40(33)60(46)14-7-8-15-61-41-34(51-47(61)53-45(68)36-17-27(4)57-63(36)6-2)19-29(43(66)49-13-9-10-39-54-58-59-55-39)21-38(41)71-25-32(24-70-37)64-30-11-12-31(64)23-69-22-30/h7-8,16-21,30-32,58-59H,5-6,9-15,22-25H2,1-4H3,(H2,48,65)(H,49,66)(H,54,55)(H,50,52,67)(H,51,53,68)/b8-7+/t30?,31?,32-/m1/s1. The van der Waals surface area contributed by atoms with Gasteiger partial charge in [-0.1, -0.05) is 12.2 Å². The fourth-order valence-electron chi connectivity index (χ4n) is 9.88. The van der Waals surface area contributed by atoms with E-state index in [0.717, 1.165) is 18.7 Å². The Morgan fingerprint density at radius 2 is 1.27 bits per heavy atom. The number of hydrogen-bond donors (Lipinski definition) is 7. The second kappa shape index (κ2) is 19.9. The lowest BCUT2D eigenvalue weighted by atomic mass is 10.1. The number of aryl methyl sites for hydroxylation is 4. The van der Waals surface area contributed by atoms with Crippen molar-refractivity contribution >= 4 is 63.4 Å². The summed E-state index contributed by atoms with van der Waals surface area (Å²) in [6, 6.07) is 9.81. The maximum absolute atomic E-state index is 14.1. The van der Waals surface area contributed by atoms with Gasteiger partial charge in [-0.05, 0) is 83.4 Å². The first-order valence-corrected chi connectivity index (χ1v) is 23.9. The van der Waals surface area contributed by atoms with Crippen LogP contribution in [0.25, 0.3) is 22.1 Å². The van der Waals surface area contributed by atoms with E-state index < -0.39 is 17.7 Å². The highest BCUT2D eigenvalue weighted by molar-refractivity contribution is 6.05. The Labute approximate surface area is 407 Å². The highest BCUT2D eigenvalue weighted by atomic mass is 16.5. The summed E-state index contributed by atoms with van der Waals surface area (Å²) in [5.41, 5.74) is 18.6. The van der Waals surface area contributed by atoms with Gasteiger partial charge >= 0.3 is 0 Å². The summed E-state index contributed by atoms with van der Waals surface area (Å²) in [6.45, 7) is 10.4. The van der Waals surface area contributed by atoms with Gasteiger partial charge in [0.05, 0.1) is 41.7 Å². The quantitative estimate of drug-likeness (QED) is 0.0648. The summed E-state index contributed by atoms with van der Waals surface area (Å²) in [6.07, 6.45) is 6.85. The Kier molecular flexibility index (Phi) is 13.1. The van der Waals surface area contributed by atoms with Crippen molar-refractivity contribution in [2.24, 2.45) is 10.8 Å². The molecule has 71 heavy (non-hydrogen) atoms. The van der Waals surface area contributed by atoms with Crippen LogP contribution in [0.5, 0.6) is 11.5 Å². The average molecular weight is 972 g/mol. The lowest BCUT2D eigenvalue weighted by molar-refractivity contribution is -0.0534. The van der Waals surface area contributed by atoms with Crippen molar-refractivity contribution in [3.05, 3.63) is 82.5 Å². The van der Waals surface area contributed by atoms with Crippen LogP contribution in [0.15, 0.2) is 53.7 Å². The second-order valence-corrected chi connectivity index (χ2v) is 17.9. The smallest absolute Gasteiger partial charge is 0.276 e. The maximum atomic E-state index is 14.1. The van der Waals surface area contributed by atoms with Crippen molar-refractivity contribution in [3.8, 4) is 11.5 Å². The van der Waals surface area contributed by atoms with Crippen LogP contribution in [0.1, 0.15) is 92.6 Å². The number of ether oxygens (including phenoxy) is 3. The first-order valence-electron chi connectivity index (χ1n) is 23.9. The molecule has 4 aromatic heterocycles. The van der Waals surface area contributed by atoms with Crippen LogP contribution in [0.4, 0.5) is 11.9 Å².